The standard InChI is InChI=1S/C25H27N3O3/c1-3-16-12-17-23(30)19(25-26-20-6-4-5-7-21(20)27-25)14-31-24(17)18(22(16)29)13-28-10-8-15(2)9-11-28/h4-7,12,14-15,29H,3,8-11,13H2,1-2H3,(H,26,27)/p+1. The third kappa shape index (κ3) is 3.51. The van der Waals surface area contributed by atoms with E-state index in [2.05, 4.69) is 16.9 Å². The second-order valence-corrected chi connectivity index (χ2v) is 8.78. The smallest absolute Gasteiger partial charge is 0.203 e. The molecule has 6 heteroatoms. The van der Waals surface area contributed by atoms with Gasteiger partial charge in [0.2, 0.25) is 5.43 Å². The predicted molar refractivity (Wildman–Crippen MR) is 121 cm³/mol. The van der Waals surface area contributed by atoms with Gasteiger partial charge in [-0.25, -0.2) is 4.98 Å². The lowest BCUT2D eigenvalue weighted by molar-refractivity contribution is -0.919. The highest BCUT2D eigenvalue weighted by Crippen LogP contribution is 2.31. The molecule has 0 unspecified atom stereocenters. The number of likely N-dealkylation sites (tertiary alicyclic amines) is 1. The van der Waals surface area contributed by atoms with Crippen LogP contribution in [0.3, 0.4) is 0 Å². The number of H-pyrrole nitrogens is 1. The molecular formula is C25H28N3O3+. The number of fused-ring (bicyclic) bond motifs is 2. The Hall–Kier alpha value is -3.12. The summed E-state index contributed by atoms with van der Waals surface area (Å²) >= 11 is 0. The molecule has 1 aliphatic rings. The largest absolute Gasteiger partial charge is 0.507 e. The molecule has 1 saturated heterocycles. The Balaban J connectivity index is 1.63. The molecule has 3 heterocycles. The van der Waals surface area contributed by atoms with Gasteiger partial charge in [0.1, 0.15) is 35.5 Å². The van der Waals surface area contributed by atoms with Crippen LogP contribution >= 0.6 is 0 Å². The van der Waals surface area contributed by atoms with Crippen LogP contribution in [0.4, 0.5) is 0 Å². The van der Waals surface area contributed by atoms with Crippen molar-refractivity contribution in [3.63, 3.8) is 0 Å². The van der Waals surface area contributed by atoms with Crippen LogP contribution in [0.15, 0.2) is 45.8 Å². The molecule has 160 valence electrons. The summed E-state index contributed by atoms with van der Waals surface area (Å²) in [5.74, 6) is 1.52. The molecule has 0 bridgehead atoms. The first kappa shape index (κ1) is 19.8. The van der Waals surface area contributed by atoms with E-state index in [0.29, 0.717) is 35.3 Å². The highest BCUT2D eigenvalue weighted by molar-refractivity contribution is 5.87. The SMILES string of the molecule is CCc1cc2c(=O)c(-c3nc4ccccc4[nH]3)coc2c(C[NH+]2CCC(C)CC2)c1O. The fourth-order valence-electron chi connectivity index (χ4n) is 4.67. The summed E-state index contributed by atoms with van der Waals surface area (Å²) in [5, 5.41) is 11.5. The highest BCUT2D eigenvalue weighted by Gasteiger charge is 2.25. The molecule has 0 saturated carbocycles. The van der Waals surface area contributed by atoms with Gasteiger partial charge in [-0.2, -0.15) is 0 Å². The summed E-state index contributed by atoms with van der Waals surface area (Å²) in [7, 11) is 0. The van der Waals surface area contributed by atoms with Crippen molar-refractivity contribution in [3.05, 3.63) is 57.9 Å². The molecule has 0 amide bonds. The van der Waals surface area contributed by atoms with Gasteiger partial charge in [0.25, 0.3) is 0 Å². The minimum absolute atomic E-state index is 0.126. The second kappa shape index (κ2) is 7.85. The van der Waals surface area contributed by atoms with E-state index in [-0.39, 0.29) is 11.2 Å². The monoisotopic (exact) mass is 418 g/mol. The zero-order valence-corrected chi connectivity index (χ0v) is 18.0. The number of aromatic amines is 1. The first-order chi connectivity index (χ1) is 15.0. The van der Waals surface area contributed by atoms with E-state index in [9.17, 15) is 9.90 Å². The van der Waals surface area contributed by atoms with E-state index in [1.54, 1.807) is 6.07 Å². The van der Waals surface area contributed by atoms with Gasteiger partial charge in [-0.15, -0.1) is 0 Å². The van der Waals surface area contributed by atoms with Crippen LogP contribution in [0.25, 0.3) is 33.4 Å². The summed E-state index contributed by atoms with van der Waals surface area (Å²) in [6, 6.07) is 9.47. The van der Waals surface area contributed by atoms with E-state index in [1.807, 2.05) is 31.2 Å². The number of phenolic OH excluding ortho intramolecular Hbond substituents is 1. The summed E-state index contributed by atoms with van der Waals surface area (Å²) in [5.41, 5.74) is 3.97. The topological polar surface area (TPSA) is 83.6 Å². The maximum Gasteiger partial charge on any atom is 0.203 e. The third-order valence-corrected chi connectivity index (χ3v) is 6.64. The number of imidazole rings is 1. The molecule has 3 N–H and O–H groups in total. The van der Waals surface area contributed by atoms with Crippen molar-refractivity contribution in [2.75, 3.05) is 13.1 Å². The normalized spacial score (nSPS) is 19.3. The van der Waals surface area contributed by atoms with Crippen LogP contribution in [0, 0.1) is 5.92 Å². The Labute approximate surface area is 180 Å². The summed E-state index contributed by atoms with van der Waals surface area (Å²) in [4.78, 5) is 22.7. The molecule has 1 aliphatic heterocycles. The fourth-order valence-corrected chi connectivity index (χ4v) is 4.67. The molecule has 2 aromatic carbocycles. The van der Waals surface area contributed by atoms with Crippen LogP contribution in [0.5, 0.6) is 5.75 Å². The van der Waals surface area contributed by atoms with Crippen molar-refractivity contribution in [2.24, 2.45) is 5.92 Å². The van der Waals surface area contributed by atoms with Gasteiger partial charge in [-0.1, -0.05) is 26.0 Å². The maximum atomic E-state index is 13.5. The lowest BCUT2D eigenvalue weighted by atomic mass is 9.97. The molecule has 0 spiro atoms. The van der Waals surface area contributed by atoms with Gasteiger partial charge < -0.3 is 19.4 Å². The number of aryl methyl sites for hydroxylation is 1. The first-order valence-corrected chi connectivity index (χ1v) is 11.1. The van der Waals surface area contributed by atoms with Gasteiger partial charge in [-0.3, -0.25) is 4.79 Å². The molecule has 0 aliphatic carbocycles. The molecule has 2 aromatic heterocycles. The fraction of sp³-hybridized carbons (Fsp3) is 0.360. The lowest BCUT2D eigenvalue weighted by Gasteiger charge is -2.27. The van der Waals surface area contributed by atoms with Gasteiger partial charge in [0.15, 0.2) is 0 Å². The number of aromatic nitrogens is 2. The number of hydrogen-bond acceptors (Lipinski definition) is 4. The maximum absolute atomic E-state index is 13.5. The number of piperidine rings is 1. The van der Waals surface area contributed by atoms with Crippen molar-refractivity contribution in [2.45, 2.75) is 39.7 Å². The van der Waals surface area contributed by atoms with E-state index in [1.165, 1.54) is 24.0 Å². The zero-order chi connectivity index (χ0) is 21.5. The van der Waals surface area contributed by atoms with Crippen molar-refractivity contribution < 1.29 is 14.4 Å². The summed E-state index contributed by atoms with van der Waals surface area (Å²) in [6.07, 6.45) is 4.49. The van der Waals surface area contributed by atoms with E-state index >= 15 is 0 Å². The van der Waals surface area contributed by atoms with Crippen molar-refractivity contribution in [3.8, 4) is 17.1 Å². The average molecular weight is 419 g/mol. The van der Waals surface area contributed by atoms with E-state index in [4.69, 9.17) is 4.42 Å². The summed E-state index contributed by atoms with van der Waals surface area (Å²) < 4.78 is 6.01. The van der Waals surface area contributed by atoms with Crippen molar-refractivity contribution >= 4 is 22.0 Å². The first-order valence-electron chi connectivity index (χ1n) is 11.1. The number of phenols is 1. The quantitative estimate of drug-likeness (QED) is 0.474. The molecule has 0 radical (unpaired) electrons. The molecule has 0 atom stereocenters. The number of hydrogen-bond donors (Lipinski definition) is 3. The Morgan fingerprint density at radius 2 is 2.03 bits per heavy atom. The van der Waals surface area contributed by atoms with Crippen molar-refractivity contribution in [1.82, 2.24) is 9.97 Å². The van der Waals surface area contributed by atoms with Crippen LogP contribution in [-0.2, 0) is 13.0 Å². The lowest BCUT2D eigenvalue weighted by Crippen LogP contribution is -3.11. The third-order valence-electron chi connectivity index (χ3n) is 6.64. The number of para-hydroxylation sites is 2. The Bertz CT molecular complexity index is 1280. The highest BCUT2D eigenvalue weighted by atomic mass is 16.3. The minimum Gasteiger partial charge on any atom is -0.507 e. The molecule has 5 rings (SSSR count). The molecule has 31 heavy (non-hydrogen) atoms. The Morgan fingerprint density at radius 1 is 1.26 bits per heavy atom. The van der Waals surface area contributed by atoms with Crippen molar-refractivity contribution in [1.29, 1.82) is 0 Å². The van der Waals surface area contributed by atoms with Crippen LogP contribution in [0.1, 0.15) is 37.8 Å². The summed E-state index contributed by atoms with van der Waals surface area (Å²) in [6.45, 7) is 7.08. The number of benzene rings is 2. The van der Waals surface area contributed by atoms with Crippen LogP contribution < -0.4 is 10.3 Å². The Morgan fingerprint density at radius 3 is 2.77 bits per heavy atom. The van der Waals surface area contributed by atoms with Gasteiger partial charge in [-0.05, 0) is 48.9 Å². The number of rotatable bonds is 4. The average Bonchev–Trinajstić information content (AvgIpc) is 3.21. The number of nitrogens with zero attached hydrogens (tertiary/aromatic N) is 1. The molecule has 6 nitrogen and oxygen atoms in total. The number of aromatic hydroxyl groups is 1. The van der Waals surface area contributed by atoms with E-state index < -0.39 is 0 Å². The van der Waals surface area contributed by atoms with Crippen LogP contribution in [-0.4, -0.2) is 28.2 Å². The second-order valence-electron chi connectivity index (χ2n) is 8.78. The predicted octanol–water partition coefficient (Wildman–Crippen LogP) is 3.42. The minimum atomic E-state index is -0.126. The Kier molecular flexibility index (Phi) is 5.02. The zero-order valence-electron chi connectivity index (χ0n) is 18.0. The van der Waals surface area contributed by atoms with Gasteiger partial charge in [0, 0.05) is 0 Å². The van der Waals surface area contributed by atoms with Crippen LogP contribution in [0.2, 0.25) is 0 Å². The number of nitrogens with one attached hydrogen (secondary N) is 2. The van der Waals surface area contributed by atoms with Gasteiger partial charge in [0.05, 0.1) is 35.1 Å². The molecule has 4 aromatic rings. The molecule has 1 fully saturated rings. The number of quaternary nitrogens is 1. The van der Waals surface area contributed by atoms with Gasteiger partial charge >= 0.3 is 0 Å². The van der Waals surface area contributed by atoms with E-state index in [0.717, 1.165) is 41.2 Å². The molecular weight excluding hydrogens is 390 g/mol.